The number of ether oxygens (including phenoxy) is 1. The predicted octanol–water partition coefficient (Wildman–Crippen LogP) is 3.77. The summed E-state index contributed by atoms with van der Waals surface area (Å²) in [4.78, 5) is 0. The minimum atomic E-state index is -0.890. The van der Waals surface area contributed by atoms with Gasteiger partial charge in [-0.2, -0.15) is 0 Å². The molecule has 0 aliphatic rings. The molecule has 0 amide bonds. The van der Waals surface area contributed by atoms with Crippen LogP contribution in [0.25, 0.3) is 0 Å². The van der Waals surface area contributed by atoms with Crippen LogP contribution in [-0.4, -0.2) is 17.9 Å². The molecule has 2 nitrogen and oxygen atoms in total. The Balaban J connectivity index is 1.87. The molecule has 0 bridgehead atoms. The Labute approximate surface area is 125 Å². The van der Waals surface area contributed by atoms with Gasteiger partial charge in [0.05, 0.1) is 6.10 Å². The van der Waals surface area contributed by atoms with Gasteiger partial charge in [-0.25, -0.2) is 4.39 Å². The van der Waals surface area contributed by atoms with Crippen LogP contribution < -0.4 is 4.74 Å². The van der Waals surface area contributed by atoms with Crippen LogP contribution in [0.5, 0.6) is 5.75 Å². The molecule has 1 N–H and O–H groups in total. The fraction of sp³-hybridized carbons (Fsp3) is 0.333. The fourth-order valence-corrected chi connectivity index (χ4v) is 2.12. The molecule has 2 atom stereocenters. The van der Waals surface area contributed by atoms with E-state index in [-0.39, 0.29) is 5.92 Å². The maximum Gasteiger partial charge on any atom is 0.119 e. The lowest BCUT2D eigenvalue weighted by atomic mass is 9.96. The minimum Gasteiger partial charge on any atom is -0.489 e. The van der Waals surface area contributed by atoms with Gasteiger partial charge in [-0.3, -0.25) is 0 Å². The summed E-state index contributed by atoms with van der Waals surface area (Å²) >= 11 is 0. The average molecular weight is 288 g/mol. The van der Waals surface area contributed by atoms with Crippen molar-refractivity contribution in [3.05, 3.63) is 65.7 Å². The second kappa shape index (κ2) is 7.79. The first kappa shape index (κ1) is 15.5. The quantitative estimate of drug-likeness (QED) is 0.840. The van der Waals surface area contributed by atoms with Gasteiger partial charge in [0.15, 0.2) is 0 Å². The lowest BCUT2D eigenvalue weighted by molar-refractivity contribution is 0.0885. The molecule has 2 unspecified atom stereocenters. The van der Waals surface area contributed by atoms with Crippen molar-refractivity contribution in [3.63, 3.8) is 0 Å². The first-order chi connectivity index (χ1) is 10.2. The zero-order chi connectivity index (χ0) is 15.1. The van der Waals surface area contributed by atoms with Gasteiger partial charge < -0.3 is 9.84 Å². The minimum absolute atomic E-state index is 0.0916. The summed E-state index contributed by atoms with van der Waals surface area (Å²) in [6.07, 6.45) is -0.233. The van der Waals surface area contributed by atoms with Gasteiger partial charge in [-0.1, -0.05) is 49.4 Å². The first-order valence-corrected chi connectivity index (χ1v) is 7.18. The summed E-state index contributed by atoms with van der Waals surface area (Å²) in [6.45, 7) is 1.70. The molecule has 0 aliphatic carbocycles. The summed E-state index contributed by atoms with van der Waals surface area (Å²) in [7, 11) is 0. The van der Waals surface area contributed by atoms with E-state index in [9.17, 15) is 9.50 Å². The smallest absolute Gasteiger partial charge is 0.119 e. The summed E-state index contributed by atoms with van der Waals surface area (Å²) < 4.78 is 18.1. The van der Waals surface area contributed by atoms with E-state index >= 15 is 0 Å². The van der Waals surface area contributed by atoms with Crippen molar-refractivity contribution in [2.75, 3.05) is 6.67 Å². The number of hydrogen-bond acceptors (Lipinski definition) is 2. The van der Waals surface area contributed by atoms with E-state index in [1.807, 2.05) is 61.5 Å². The van der Waals surface area contributed by atoms with Crippen LogP contribution in [0.2, 0.25) is 0 Å². The van der Waals surface area contributed by atoms with E-state index in [4.69, 9.17) is 4.74 Å². The van der Waals surface area contributed by atoms with Crippen molar-refractivity contribution in [3.8, 4) is 5.75 Å². The third kappa shape index (κ3) is 4.87. The Bertz CT molecular complexity index is 525. The Hall–Kier alpha value is -1.87. The average Bonchev–Trinajstić information content (AvgIpc) is 2.54. The Morgan fingerprint density at radius 2 is 1.67 bits per heavy atom. The van der Waals surface area contributed by atoms with Crippen LogP contribution in [0.15, 0.2) is 54.6 Å². The molecule has 2 aromatic rings. The molecule has 2 rings (SSSR count). The van der Waals surface area contributed by atoms with Crippen molar-refractivity contribution in [1.29, 1.82) is 0 Å². The van der Waals surface area contributed by atoms with Crippen LogP contribution in [-0.2, 0) is 13.0 Å². The second-order valence-corrected chi connectivity index (χ2v) is 5.32. The van der Waals surface area contributed by atoms with Crippen molar-refractivity contribution in [2.45, 2.75) is 26.1 Å². The molecule has 0 fully saturated rings. The molecular weight excluding hydrogens is 267 g/mol. The third-order valence-electron chi connectivity index (χ3n) is 3.54. The highest BCUT2D eigenvalue weighted by atomic mass is 19.1. The number of rotatable bonds is 7. The number of alkyl halides is 1. The molecule has 0 radical (unpaired) electrons. The molecule has 2 aromatic carbocycles. The maximum absolute atomic E-state index is 12.4. The predicted molar refractivity (Wildman–Crippen MR) is 82.1 cm³/mol. The van der Waals surface area contributed by atoms with E-state index in [1.165, 1.54) is 0 Å². The zero-order valence-corrected chi connectivity index (χ0v) is 12.2. The van der Waals surface area contributed by atoms with Gasteiger partial charge in [0.1, 0.15) is 19.0 Å². The van der Waals surface area contributed by atoms with Crippen LogP contribution in [0.4, 0.5) is 4.39 Å². The van der Waals surface area contributed by atoms with Crippen LogP contribution in [0, 0.1) is 5.92 Å². The number of aliphatic hydroxyl groups excluding tert-OH is 1. The molecule has 112 valence electrons. The number of halogens is 1. The van der Waals surface area contributed by atoms with Gasteiger partial charge in [0, 0.05) is 0 Å². The number of hydrogen-bond donors (Lipinski definition) is 1. The third-order valence-corrected chi connectivity index (χ3v) is 3.54. The van der Waals surface area contributed by atoms with Crippen molar-refractivity contribution < 1.29 is 14.2 Å². The Morgan fingerprint density at radius 3 is 2.29 bits per heavy atom. The van der Waals surface area contributed by atoms with Crippen LogP contribution >= 0.6 is 0 Å². The molecule has 0 saturated carbocycles. The summed E-state index contributed by atoms with van der Waals surface area (Å²) in [5, 5.41) is 9.45. The van der Waals surface area contributed by atoms with E-state index in [1.54, 1.807) is 0 Å². The first-order valence-electron chi connectivity index (χ1n) is 7.18. The maximum atomic E-state index is 12.4. The molecule has 0 heterocycles. The van der Waals surface area contributed by atoms with Gasteiger partial charge in [0.2, 0.25) is 0 Å². The number of benzene rings is 2. The van der Waals surface area contributed by atoms with E-state index in [0.29, 0.717) is 13.0 Å². The molecular formula is C18H21FO2. The van der Waals surface area contributed by atoms with Gasteiger partial charge >= 0.3 is 0 Å². The Morgan fingerprint density at radius 1 is 1.00 bits per heavy atom. The summed E-state index contributed by atoms with van der Waals surface area (Å²) in [5.74, 6) is 0.715. The molecule has 0 saturated heterocycles. The van der Waals surface area contributed by atoms with Crippen LogP contribution in [0.3, 0.4) is 0 Å². The molecule has 21 heavy (non-hydrogen) atoms. The monoisotopic (exact) mass is 288 g/mol. The van der Waals surface area contributed by atoms with Crippen molar-refractivity contribution in [1.82, 2.24) is 0 Å². The second-order valence-electron chi connectivity index (χ2n) is 5.32. The highest BCUT2D eigenvalue weighted by Crippen LogP contribution is 2.18. The van der Waals surface area contributed by atoms with Gasteiger partial charge in [-0.15, -0.1) is 0 Å². The molecule has 3 heteroatoms. The molecule has 0 aromatic heterocycles. The number of aliphatic hydroxyl groups is 1. The fourth-order valence-electron chi connectivity index (χ4n) is 2.12. The molecule has 0 spiro atoms. The van der Waals surface area contributed by atoms with E-state index < -0.39 is 12.8 Å². The largest absolute Gasteiger partial charge is 0.489 e. The van der Waals surface area contributed by atoms with Crippen LogP contribution in [0.1, 0.15) is 18.1 Å². The summed E-state index contributed by atoms with van der Waals surface area (Å²) in [5.41, 5.74) is 2.20. The van der Waals surface area contributed by atoms with Crippen molar-refractivity contribution in [2.24, 2.45) is 5.92 Å². The molecule has 0 aliphatic heterocycles. The highest BCUT2D eigenvalue weighted by molar-refractivity contribution is 5.28. The van der Waals surface area contributed by atoms with E-state index in [2.05, 4.69) is 0 Å². The lowest BCUT2D eigenvalue weighted by Gasteiger charge is -2.16. The highest BCUT2D eigenvalue weighted by Gasteiger charge is 2.14. The zero-order valence-electron chi connectivity index (χ0n) is 12.2. The lowest BCUT2D eigenvalue weighted by Crippen LogP contribution is -2.21. The Kier molecular flexibility index (Phi) is 5.76. The van der Waals surface area contributed by atoms with Gasteiger partial charge in [0.25, 0.3) is 0 Å². The topological polar surface area (TPSA) is 29.5 Å². The van der Waals surface area contributed by atoms with E-state index in [0.717, 1.165) is 16.9 Å². The normalized spacial score (nSPS) is 13.7. The van der Waals surface area contributed by atoms with Gasteiger partial charge in [-0.05, 0) is 35.6 Å². The van der Waals surface area contributed by atoms with Crippen molar-refractivity contribution >= 4 is 0 Å². The summed E-state index contributed by atoms with van der Waals surface area (Å²) in [6, 6.07) is 17.7. The standard InChI is InChI=1S/C18H21FO2/c1-14(18(20)12-19)11-15-7-9-17(10-8-15)21-13-16-5-3-2-4-6-16/h2-10,14,18,20H,11-13H2,1H3. The SMILES string of the molecule is CC(Cc1ccc(OCc2ccccc2)cc1)C(O)CF.